The smallest absolute Gasteiger partial charge is 0.267 e. The lowest BCUT2D eigenvalue weighted by Gasteiger charge is -2.27. The van der Waals surface area contributed by atoms with Crippen molar-refractivity contribution in [1.29, 1.82) is 0 Å². The van der Waals surface area contributed by atoms with Gasteiger partial charge in [-0.1, -0.05) is 28.1 Å². The predicted molar refractivity (Wildman–Crippen MR) is 115 cm³/mol. The van der Waals surface area contributed by atoms with E-state index < -0.39 is 53.2 Å². The second-order valence-corrected chi connectivity index (χ2v) is 8.52. The largest absolute Gasteiger partial charge is 0.383 e. The molecule has 0 aliphatic carbocycles. The maximum absolute atomic E-state index is 15.3. The van der Waals surface area contributed by atoms with Crippen LogP contribution in [0.25, 0.3) is 0 Å². The van der Waals surface area contributed by atoms with Gasteiger partial charge in [0.25, 0.3) is 17.7 Å². The first-order valence-electron chi connectivity index (χ1n) is 9.19. The molecule has 2 aromatic rings. The molecule has 1 heterocycles. The van der Waals surface area contributed by atoms with E-state index in [0.717, 1.165) is 11.0 Å². The molecule has 2 N–H and O–H groups in total. The minimum absolute atomic E-state index is 0.0624. The second-order valence-electron chi connectivity index (χ2n) is 6.75. The number of carbonyl (C=O) groups excluding carboxylic acids is 3. The summed E-state index contributed by atoms with van der Waals surface area (Å²) in [5, 5.41) is 12.9. The lowest BCUT2D eigenvalue weighted by atomic mass is 10.1. The van der Waals surface area contributed by atoms with Crippen molar-refractivity contribution >= 4 is 49.6 Å². The highest BCUT2D eigenvalue weighted by molar-refractivity contribution is 9.10. The quantitative estimate of drug-likeness (QED) is 0.406. The van der Waals surface area contributed by atoms with Crippen LogP contribution in [0.4, 0.5) is 8.78 Å². The van der Waals surface area contributed by atoms with E-state index in [9.17, 15) is 24.0 Å². The van der Waals surface area contributed by atoms with Gasteiger partial charge in [-0.25, -0.2) is 8.78 Å². The average Bonchev–Trinajstić information content (AvgIpc) is 3.02. The zero-order valence-corrected chi connectivity index (χ0v) is 19.7. The van der Waals surface area contributed by atoms with Crippen molar-refractivity contribution < 1.29 is 33.1 Å². The third-order valence-electron chi connectivity index (χ3n) is 4.70. The van der Waals surface area contributed by atoms with Crippen LogP contribution in [0.2, 0.25) is 0 Å². The molecule has 0 saturated carbocycles. The van der Waals surface area contributed by atoms with E-state index in [0.29, 0.717) is 15.1 Å². The Labute approximate surface area is 198 Å². The third-order valence-corrected chi connectivity index (χ3v) is 5.82. The molecule has 32 heavy (non-hydrogen) atoms. The predicted octanol–water partition coefficient (Wildman–Crippen LogP) is 3.24. The van der Waals surface area contributed by atoms with Crippen molar-refractivity contribution in [2.24, 2.45) is 0 Å². The van der Waals surface area contributed by atoms with Crippen molar-refractivity contribution in [2.45, 2.75) is 6.17 Å². The summed E-state index contributed by atoms with van der Waals surface area (Å²) in [5.41, 5.74) is -1.26. The molecule has 1 unspecified atom stereocenters. The van der Waals surface area contributed by atoms with Gasteiger partial charge in [0.05, 0.1) is 12.2 Å². The summed E-state index contributed by atoms with van der Waals surface area (Å²) >= 11 is 6.21. The minimum atomic E-state index is -1.39. The van der Waals surface area contributed by atoms with Gasteiger partial charge in [-0.05, 0) is 39.7 Å². The lowest BCUT2D eigenvalue weighted by Crippen LogP contribution is -2.36. The number of rotatable bonds is 6. The molecular weight excluding hydrogens is 560 g/mol. The fourth-order valence-electron chi connectivity index (χ4n) is 3.24. The summed E-state index contributed by atoms with van der Waals surface area (Å²) in [6.07, 6.45) is -1.31. The van der Waals surface area contributed by atoms with Gasteiger partial charge < -0.3 is 15.0 Å². The van der Waals surface area contributed by atoms with Crippen molar-refractivity contribution in [3.05, 3.63) is 67.6 Å². The number of amides is 3. The molecule has 170 valence electrons. The Kier molecular flexibility index (Phi) is 7.59. The first-order chi connectivity index (χ1) is 15.2. The number of ether oxygens (including phenoxy) is 1. The standard InChI is InChI=1S/C20H17Br2F2N3O5/c1-32-6-5-25-18(29)15-12(22)8-13(23)16(17(15)24)20(30)26-9-14(28)27(31)19(26)10-3-2-4-11(21)7-10/h2-4,7-8,19,31H,5-6,9H2,1H3,(H,25,29). The van der Waals surface area contributed by atoms with Gasteiger partial charge in [0.15, 0.2) is 12.0 Å². The Morgan fingerprint density at radius 3 is 2.62 bits per heavy atom. The van der Waals surface area contributed by atoms with Crippen LogP contribution in [0.3, 0.4) is 0 Å². The number of nitrogens with zero attached hydrogens (tertiary/aromatic N) is 2. The topological polar surface area (TPSA) is 99.2 Å². The molecule has 1 fully saturated rings. The second kappa shape index (κ2) is 10.0. The Hall–Kier alpha value is -2.41. The van der Waals surface area contributed by atoms with Crippen molar-refractivity contribution in [1.82, 2.24) is 15.3 Å². The zero-order chi connectivity index (χ0) is 23.6. The highest BCUT2D eigenvalue weighted by Crippen LogP contribution is 2.34. The molecule has 1 saturated heterocycles. The number of methoxy groups -OCH3 is 1. The van der Waals surface area contributed by atoms with Crippen LogP contribution >= 0.6 is 31.9 Å². The van der Waals surface area contributed by atoms with Crippen LogP contribution in [-0.4, -0.2) is 59.7 Å². The summed E-state index contributed by atoms with van der Waals surface area (Å²) < 4.78 is 35.2. The monoisotopic (exact) mass is 575 g/mol. The van der Waals surface area contributed by atoms with E-state index in [-0.39, 0.29) is 17.6 Å². The van der Waals surface area contributed by atoms with E-state index >= 15 is 4.39 Å². The molecular formula is C20H17Br2F2N3O5. The summed E-state index contributed by atoms with van der Waals surface area (Å²) in [7, 11) is 1.42. The maximum Gasteiger partial charge on any atom is 0.267 e. The average molecular weight is 577 g/mol. The normalized spacial score (nSPS) is 15.9. The number of hydroxylamine groups is 2. The Bertz CT molecular complexity index is 1090. The number of carbonyl (C=O) groups is 3. The molecule has 3 rings (SSSR count). The molecule has 1 aliphatic heterocycles. The fraction of sp³-hybridized carbons (Fsp3) is 0.250. The molecule has 8 nitrogen and oxygen atoms in total. The zero-order valence-electron chi connectivity index (χ0n) is 16.6. The molecule has 0 bridgehead atoms. The van der Waals surface area contributed by atoms with Crippen LogP contribution in [-0.2, 0) is 9.53 Å². The summed E-state index contributed by atoms with van der Waals surface area (Å²) in [6, 6.07) is 7.19. The number of halogens is 4. The highest BCUT2D eigenvalue weighted by atomic mass is 79.9. The number of nitrogens with one attached hydrogen (secondary N) is 1. The van der Waals surface area contributed by atoms with Gasteiger partial charge in [-0.3, -0.25) is 19.6 Å². The minimum Gasteiger partial charge on any atom is -0.383 e. The van der Waals surface area contributed by atoms with Gasteiger partial charge in [0.2, 0.25) is 0 Å². The van der Waals surface area contributed by atoms with E-state index in [2.05, 4.69) is 37.2 Å². The third kappa shape index (κ3) is 4.68. The Morgan fingerprint density at radius 1 is 1.25 bits per heavy atom. The van der Waals surface area contributed by atoms with Crippen LogP contribution in [0.1, 0.15) is 32.4 Å². The van der Waals surface area contributed by atoms with Crippen LogP contribution in [0.15, 0.2) is 39.3 Å². The molecule has 0 aromatic heterocycles. The number of benzene rings is 2. The summed E-state index contributed by atoms with van der Waals surface area (Å²) in [4.78, 5) is 38.5. The maximum atomic E-state index is 15.3. The highest BCUT2D eigenvalue weighted by Gasteiger charge is 2.43. The molecule has 12 heteroatoms. The van der Waals surface area contributed by atoms with Crippen molar-refractivity contribution in [3.8, 4) is 0 Å². The molecule has 0 radical (unpaired) electrons. The molecule has 1 atom stereocenters. The molecule has 3 amide bonds. The lowest BCUT2D eigenvalue weighted by molar-refractivity contribution is -0.168. The number of hydrogen-bond donors (Lipinski definition) is 2. The van der Waals surface area contributed by atoms with Crippen LogP contribution in [0.5, 0.6) is 0 Å². The first-order valence-corrected chi connectivity index (χ1v) is 10.8. The Balaban J connectivity index is 2.03. The van der Waals surface area contributed by atoms with Crippen LogP contribution in [0, 0.1) is 11.6 Å². The van der Waals surface area contributed by atoms with E-state index in [1.807, 2.05) is 0 Å². The molecule has 0 spiro atoms. The van der Waals surface area contributed by atoms with E-state index in [4.69, 9.17) is 4.74 Å². The fourth-order valence-corrected chi connectivity index (χ4v) is 4.21. The Morgan fingerprint density at radius 2 is 1.97 bits per heavy atom. The molecule has 1 aliphatic rings. The van der Waals surface area contributed by atoms with Crippen molar-refractivity contribution in [2.75, 3.05) is 26.8 Å². The van der Waals surface area contributed by atoms with Gasteiger partial charge in [0.1, 0.15) is 17.9 Å². The first kappa shape index (κ1) is 24.2. The SMILES string of the molecule is COCCNC(=O)c1c(Br)cc(F)c(C(=O)N2CC(=O)N(O)C2c2cccc(Br)c2)c1F. The van der Waals surface area contributed by atoms with Gasteiger partial charge in [-0.15, -0.1) is 0 Å². The van der Waals surface area contributed by atoms with E-state index in [1.165, 1.54) is 7.11 Å². The van der Waals surface area contributed by atoms with Crippen molar-refractivity contribution in [3.63, 3.8) is 0 Å². The summed E-state index contributed by atoms with van der Waals surface area (Å²) in [6.45, 7) is -0.391. The van der Waals surface area contributed by atoms with Crippen LogP contribution < -0.4 is 5.32 Å². The van der Waals surface area contributed by atoms with Gasteiger partial charge in [-0.2, -0.15) is 5.06 Å². The van der Waals surface area contributed by atoms with E-state index in [1.54, 1.807) is 24.3 Å². The number of hydrogen-bond acceptors (Lipinski definition) is 5. The summed E-state index contributed by atoms with van der Waals surface area (Å²) in [5.74, 6) is -5.55. The van der Waals surface area contributed by atoms with Gasteiger partial charge in [0, 0.05) is 22.6 Å². The van der Waals surface area contributed by atoms with Gasteiger partial charge >= 0.3 is 0 Å². The molecule has 2 aromatic carbocycles.